The van der Waals surface area contributed by atoms with Gasteiger partial charge in [-0.3, -0.25) is 10.1 Å². The number of carbonyl (C=O) groups is 1. The molecule has 0 atom stereocenters. The maximum absolute atomic E-state index is 12.1. The molecule has 120 valence electrons. The lowest BCUT2D eigenvalue weighted by Crippen LogP contribution is -2.20. The second-order valence-electron chi connectivity index (χ2n) is 4.42. The van der Waals surface area contributed by atoms with Gasteiger partial charge in [0.1, 0.15) is 17.2 Å². The molecule has 0 aromatic heterocycles. The Hall–Kier alpha value is -3.29. The lowest BCUT2D eigenvalue weighted by molar-refractivity contribution is -0.384. The minimum absolute atomic E-state index is 0.0534. The highest BCUT2D eigenvalue weighted by Gasteiger charge is 2.13. The number of nitro benzene ring substituents is 1. The molecule has 0 heterocycles. The van der Waals surface area contributed by atoms with Gasteiger partial charge >= 0.3 is 6.03 Å². The number of hydrogen-bond acceptors (Lipinski definition) is 5. The molecule has 2 amide bonds. The largest absolute Gasteiger partial charge is 0.494 e. The first-order valence-electron chi connectivity index (χ1n) is 6.58. The third-order valence-corrected chi connectivity index (χ3v) is 3.00. The molecule has 0 unspecified atom stereocenters. The van der Waals surface area contributed by atoms with Gasteiger partial charge in [0.05, 0.1) is 19.1 Å². The lowest BCUT2D eigenvalue weighted by Gasteiger charge is -2.14. The summed E-state index contributed by atoms with van der Waals surface area (Å²) in [4.78, 5) is 22.2. The van der Waals surface area contributed by atoms with Crippen LogP contribution in [-0.4, -0.2) is 25.2 Å². The Morgan fingerprint density at radius 2 is 1.57 bits per heavy atom. The second-order valence-corrected chi connectivity index (χ2v) is 4.42. The number of methoxy groups -OCH3 is 2. The van der Waals surface area contributed by atoms with E-state index >= 15 is 0 Å². The van der Waals surface area contributed by atoms with Gasteiger partial charge in [0.15, 0.2) is 0 Å². The first-order valence-corrected chi connectivity index (χ1v) is 6.58. The van der Waals surface area contributed by atoms with E-state index in [0.717, 1.165) is 0 Å². The Kier molecular flexibility index (Phi) is 4.98. The number of benzene rings is 2. The van der Waals surface area contributed by atoms with E-state index in [-0.39, 0.29) is 5.69 Å². The molecular weight excluding hydrogens is 302 g/mol. The van der Waals surface area contributed by atoms with Crippen LogP contribution in [0.2, 0.25) is 0 Å². The van der Waals surface area contributed by atoms with Crippen molar-refractivity contribution in [3.05, 3.63) is 52.6 Å². The van der Waals surface area contributed by atoms with Crippen molar-refractivity contribution in [2.75, 3.05) is 24.9 Å². The van der Waals surface area contributed by atoms with Crippen molar-refractivity contribution in [1.82, 2.24) is 0 Å². The molecule has 0 aliphatic heterocycles. The van der Waals surface area contributed by atoms with Crippen LogP contribution in [0.25, 0.3) is 0 Å². The normalized spacial score (nSPS) is 9.83. The number of urea groups is 1. The Morgan fingerprint density at radius 1 is 1.00 bits per heavy atom. The predicted molar refractivity (Wildman–Crippen MR) is 85.3 cm³/mol. The molecule has 0 saturated heterocycles. The van der Waals surface area contributed by atoms with Crippen molar-refractivity contribution in [2.45, 2.75) is 0 Å². The first-order chi connectivity index (χ1) is 11.0. The van der Waals surface area contributed by atoms with Crippen LogP contribution in [0.15, 0.2) is 42.5 Å². The third-order valence-electron chi connectivity index (χ3n) is 3.00. The van der Waals surface area contributed by atoms with E-state index in [2.05, 4.69) is 10.6 Å². The smallest absolute Gasteiger partial charge is 0.323 e. The number of amides is 2. The van der Waals surface area contributed by atoms with Crippen LogP contribution in [0.3, 0.4) is 0 Å². The van der Waals surface area contributed by atoms with Gasteiger partial charge in [0, 0.05) is 17.8 Å². The quantitative estimate of drug-likeness (QED) is 0.651. The Balaban J connectivity index is 2.12. The molecule has 2 rings (SSSR count). The molecule has 0 fully saturated rings. The Morgan fingerprint density at radius 3 is 2.04 bits per heavy atom. The fraction of sp³-hybridized carbons (Fsp3) is 0.133. The van der Waals surface area contributed by atoms with Crippen LogP contribution in [0.1, 0.15) is 0 Å². The second kappa shape index (κ2) is 7.12. The van der Waals surface area contributed by atoms with E-state index in [4.69, 9.17) is 9.47 Å². The molecule has 0 saturated carbocycles. The number of carbonyl (C=O) groups excluding carboxylic acids is 1. The molecule has 2 N–H and O–H groups in total. The number of nitro groups is 1. The van der Waals surface area contributed by atoms with Crippen molar-refractivity contribution in [2.24, 2.45) is 0 Å². The number of nitrogens with zero attached hydrogens (tertiary/aromatic N) is 1. The summed E-state index contributed by atoms with van der Waals surface area (Å²) in [5.41, 5.74) is 0.751. The zero-order chi connectivity index (χ0) is 16.8. The van der Waals surface area contributed by atoms with E-state index in [1.165, 1.54) is 38.5 Å². The van der Waals surface area contributed by atoms with E-state index < -0.39 is 11.0 Å². The highest BCUT2D eigenvalue weighted by Crippen LogP contribution is 2.34. The number of anilines is 2. The number of non-ortho nitro benzene ring substituents is 1. The van der Waals surface area contributed by atoms with E-state index in [9.17, 15) is 14.9 Å². The molecule has 23 heavy (non-hydrogen) atoms. The molecule has 0 radical (unpaired) electrons. The first kappa shape index (κ1) is 16.1. The molecule has 0 aliphatic carbocycles. The zero-order valence-corrected chi connectivity index (χ0v) is 12.5. The van der Waals surface area contributed by atoms with Gasteiger partial charge in [-0.05, 0) is 24.3 Å². The third kappa shape index (κ3) is 3.88. The van der Waals surface area contributed by atoms with Gasteiger partial charge in [0.25, 0.3) is 5.69 Å². The molecule has 0 aliphatic rings. The van der Waals surface area contributed by atoms with Gasteiger partial charge in [0.2, 0.25) is 0 Å². The summed E-state index contributed by atoms with van der Waals surface area (Å²) >= 11 is 0. The SMILES string of the molecule is COc1cccc(OC)c1NC(=O)Nc1ccc([N+](=O)[O-])cc1. The Bertz CT molecular complexity index is 693. The Labute approximate surface area is 132 Å². The number of nitrogens with one attached hydrogen (secondary N) is 2. The van der Waals surface area contributed by atoms with E-state index in [1.54, 1.807) is 18.2 Å². The van der Waals surface area contributed by atoms with Gasteiger partial charge in [-0.1, -0.05) is 6.07 Å². The van der Waals surface area contributed by atoms with Gasteiger partial charge < -0.3 is 20.1 Å². The summed E-state index contributed by atoms with van der Waals surface area (Å²) in [5, 5.41) is 15.8. The summed E-state index contributed by atoms with van der Waals surface area (Å²) in [7, 11) is 2.96. The minimum atomic E-state index is -0.526. The summed E-state index contributed by atoms with van der Waals surface area (Å²) in [6.07, 6.45) is 0. The van der Waals surface area contributed by atoms with Crippen LogP contribution in [0.5, 0.6) is 11.5 Å². The molecule has 0 spiro atoms. The minimum Gasteiger partial charge on any atom is -0.494 e. The van der Waals surface area contributed by atoms with Crippen molar-refractivity contribution < 1.29 is 19.2 Å². The number of rotatable bonds is 5. The lowest BCUT2D eigenvalue weighted by atomic mass is 10.2. The molecule has 8 heteroatoms. The van der Waals surface area contributed by atoms with Crippen molar-refractivity contribution in [3.8, 4) is 11.5 Å². The number of para-hydroxylation sites is 1. The summed E-state index contributed by atoms with van der Waals surface area (Å²) < 4.78 is 10.4. The molecule has 2 aromatic rings. The van der Waals surface area contributed by atoms with Gasteiger partial charge in [-0.15, -0.1) is 0 Å². The summed E-state index contributed by atoms with van der Waals surface area (Å²) in [6.45, 7) is 0. The van der Waals surface area contributed by atoms with E-state index in [0.29, 0.717) is 22.9 Å². The van der Waals surface area contributed by atoms with Crippen LogP contribution >= 0.6 is 0 Å². The number of ether oxygens (including phenoxy) is 2. The highest BCUT2D eigenvalue weighted by atomic mass is 16.6. The monoisotopic (exact) mass is 317 g/mol. The van der Waals surface area contributed by atoms with Crippen molar-refractivity contribution >= 4 is 23.1 Å². The standard InChI is InChI=1S/C15H15N3O5/c1-22-12-4-3-5-13(23-2)14(12)17-15(19)16-10-6-8-11(9-7-10)18(20)21/h3-9H,1-2H3,(H2,16,17,19). The molecular formula is C15H15N3O5. The van der Waals surface area contributed by atoms with Crippen LogP contribution in [0, 0.1) is 10.1 Å². The summed E-state index contributed by atoms with van der Waals surface area (Å²) in [6, 6.07) is 10.1. The van der Waals surface area contributed by atoms with Crippen molar-refractivity contribution in [3.63, 3.8) is 0 Å². The molecule has 2 aromatic carbocycles. The maximum Gasteiger partial charge on any atom is 0.323 e. The fourth-order valence-corrected chi connectivity index (χ4v) is 1.92. The molecule has 0 bridgehead atoms. The maximum atomic E-state index is 12.1. The van der Waals surface area contributed by atoms with Crippen LogP contribution < -0.4 is 20.1 Å². The van der Waals surface area contributed by atoms with Crippen LogP contribution in [0.4, 0.5) is 21.9 Å². The average Bonchev–Trinajstić information content (AvgIpc) is 2.55. The number of hydrogen-bond donors (Lipinski definition) is 2. The fourth-order valence-electron chi connectivity index (χ4n) is 1.92. The topological polar surface area (TPSA) is 103 Å². The summed E-state index contributed by atoms with van der Waals surface area (Å²) in [5.74, 6) is 0.895. The van der Waals surface area contributed by atoms with Gasteiger partial charge in [-0.2, -0.15) is 0 Å². The van der Waals surface area contributed by atoms with E-state index in [1.807, 2.05) is 0 Å². The molecule has 8 nitrogen and oxygen atoms in total. The average molecular weight is 317 g/mol. The van der Waals surface area contributed by atoms with Crippen LogP contribution in [-0.2, 0) is 0 Å². The highest BCUT2D eigenvalue weighted by molar-refractivity contribution is 6.01. The van der Waals surface area contributed by atoms with Crippen molar-refractivity contribution in [1.29, 1.82) is 0 Å². The zero-order valence-electron chi connectivity index (χ0n) is 12.5. The van der Waals surface area contributed by atoms with Gasteiger partial charge in [-0.25, -0.2) is 4.79 Å². The predicted octanol–water partition coefficient (Wildman–Crippen LogP) is 3.26.